The molecule has 1 aromatic carbocycles. The second kappa shape index (κ2) is 9.41. The van der Waals surface area contributed by atoms with Crippen molar-refractivity contribution < 1.29 is 39.3 Å². The molecule has 0 N–H and O–H groups in total. The Morgan fingerprint density at radius 2 is 1.85 bits per heavy atom. The van der Waals surface area contributed by atoms with Crippen LogP contribution in [0, 0.1) is 6.57 Å². The Morgan fingerprint density at radius 3 is 2.38 bits per heavy atom. The molecule has 0 amide bonds. The van der Waals surface area contributed by atoms with Gasteiger partial charge in [-0.2, -0.15) is 31.3 Å². The van der Waals surface area contributed by atoms with Gasteiger partial charge in [-0.3, -0.25) is 0 Å². The highest BCUT2D eigenvalue weighted by molar-refractivity contribution is 7.88. The van der Waals surface area contributed by atoms with Crippen LogP contribution < -0.4 is 4.90 Å². The zero-order chi connectivity index (χ0) is 25.3. The normalized spacial score (nSPS) is 16.4. The first-order chi connectivity index (χ1) is 15.7. The molecule has 8 nitrogen and oxygen atoms in total. The van der Waals surface area contributed by atoms with Crippen LogP contribution in [0.3, 0.4) is 0 Å². The average Bonchev–Trinajstić information content (AvgIpc) is 3.19. The molecule has 0 radical (unpaired) electrons. The molecule has 0 unspecified atom stereocenters. The fourth-order valence-electron chi connectivity index (χ4n) is 3.60. The molecule has 0 saturated carbocycles. The maximum absolute atomic E-state index is 13.3. The van der Waals surface area contributed by atoms with E-state index in [2.05, 4.69) is 15.0 Å². The van der Waals surface area contributed by atoms with Crippen molar-refractivity contribution in [1.82, 2.24) is 14.4 Å². The van der Waals surface area contributed by atoms with E-state index in [1.54, 1.807) is 0 Å². The second-order valence-electron chi connectivity index (χ2n) is 7.77. The van der Waals surface area contributed by atoms with Gasteiger partial charge >= 0.3 is 12.4 Å². The number of sulfonamides is 1. The standard InChI is InChI=1S/C19H19F6N5O3S/c1-26-15-4-3-13(9-14(15)19(23,24)25)29(11-18(20,21)22)10-16-27-17(33-28-16)12-5-7-30(8-6-12)34(2,31)32/h3-4,9,12H,5-8,10-11H2,2H3. The van der Waals surface area contributed by atoms with E-state index in [4.69, 9.17) is 11.1 Å². The van der Waals surface area contributed by atoms with Crippen molar-refractivity contribution in [2.24, 2.45) is 0 Å². The molecular formula is C19H19F6N5O3S. The molecule has 1 aromatic heterocycles. The van der Waals surface area contributed by atoms with Crippen molar-refractivity contribution in [1.29, 1.82) is 0 Å². The lowest BCUT2D eigenvalue weighted by atomic mass is 9.98. The van der Waals surface area contributed by atoms with Crippen LogP contribution in [0.4, 0.5) is 37.7 Å². The van der Waals surface area contributed by atoms with Crippen molar-refractivity contribution in [3.05, 3.63) is 46.9 Å². The Bertz CT molecular complexity index is 1160. The zero-order valence-electron chi connectivity index (χ0n) is 17.7. The summed E-state index contributed by atoms with van der Waals surface area (Å²) in [7, 11) is -3.35. The quantitative estimate of drug-likeness (QED) is 0.424. The van der Waals surface area contributed by atoms with Crippen LogP contribution in [-0.2, 0) is 22.7 Å². The number of anilines is 1. The Balaban J connectivity index is 1.82. The second-order valence-corrected chi connectivity index (χ2v) is 9.75. The summed E-state index contributed by atoms with van der Waals surface area (Å²) in [4.78, 5) is 7.49. The lowest BCUT2D eigenvalue weighted by molar-refractivity contribution is -0.136. The van der Waals surface area contributed by atoms with Gasteiger partial charge in [-0.15, -0.1) is 0 Å². The smallest absolute Gasteiger partial charge is 0.355 e. The van der Waals surface area contributed by atoms with Crippen LogP contribution >= 0.6 is 0 Å². The molecular weight excluding hydrogens is 492 g/mol. The molecule has 0 bridgehead atoms. The van der Waals surface area contributed by atoms with Crippen LogP contribution in [0.15, 0.2) is 22.7 Å². The van der Waals surface area contributed by atoms with E-state index in [1.165, 1.54) is 4.31 Å². The highest BCUT2D eigenvalue weighted by atomic mass is 32.2. The molecule has 0 atom stereocenters. The lowest BCUT2D eigenvalue weighted by Gasteiger charge is -2.28. The van der Waals surface area contributed by atoms with E-state index in [0.717, 1.165) is 18.4 Å². The first-order valence-corrected chi connectivity index (χ1v) is 11.7. The number of halogens is 6. The van der Waals surface area contributed by atoms with E-state index < -0.39 is 52.4 Å². The summed E-state index contributed by atoms with van der Waals surface area (Å²) in [5.41, 5.74) is -2.49. The number of aromatic nitrogens is 2. The number of piperidine rings is 1. The van der Waals surface area contributed by atoms with Crippen molar-refractivity contribution in [3.63, 3.8) is 0 Å². The van der Waals surface area contributed by atoms with Gasteiger partial charge in [0.1, 0.15) is 6.54 Å². The Morgan fingerprint density at radius 1 is 1.21 bits per heavy atom. The molecule has 2 heterocycles. The third kappa shape index (κ3) is 6.38. The number of alkyl halides is 6. The SMILES string of the molecule is [C-]#[N+]c1ccc(N(Cc2noc(C3CCN(S(C)(=O)=O)CC3)n2)CC(F)(F)F)cc1C(F)(F)F. The first-order valence-electron chi connectivity index (χ1n) is 9.85. The van der Waals surface area contributed by atoms with E-state index in [0.29, 0.717) is 23.8 Å². The minimum Gasteiger partial charge on any atom is -0.355 e. The Kier molecular flexibility index (Phi) is 7.13. The summed E-state index contributed by atoms with van der Waals surface area (Å²) >= 11 is 0. The number of hydrogen-bond donors (Lipinski definition) is 0. The zero-order valence-corrected chi connectivity index (χ0v) is 18.5. The molecule has 34 heavy (non-hydrogen) atoms. The monoisotopic (exact) mass is 511 g/mol. The van der Waals surface area contributed by atoms with Crippen LogP contribution in [0.2, 0.25) is 0 Å². The fourth-order valence-corrected chi connectivity index (χ4v) is 4.48. The van der Waals surface area contributed by atoms with Gasteiger partial charge in [0.05, 0.1) is 24.9 Å². The lowest BCUT2D eigenvalue weighted by Crippen LogP contribution is -2.37. The van der Waals surface area contributed by atoms with Crippen LogP contribution in [0.1, 0.15) is 36.0 Å². The third-order valence-electron chi connectivity index (χ3n) is 5.23. The topological polar surface area (TPSA) is 83.9 Å². The minimum absolute atomic E-state index is 0.120. The van der Waals surface area contributed by atoms with Crippen molar-refractivity contribution in [3.8, 4) is 0 Å². The summed E-state index contributed by atoms with van der Waals surface area (Å²) in [5.74, 6) is -0.354. The third-order valence-corrected chi connectivity index (χ3v) is 6.53. The Labute approximate surface area is 191 Å². The summed E-state index contributed by atoms with van der Waals surface area (Å²) in [6, 6.07) is 2.29. The summed E-state index contributed by atoms with van der Waals surface area (Å²) < 4.78 is 109. The maximum atomic E-state index is 13.3. The predicted molar refractivity (Wildman–Crippen MR) is 108 cm³/mol. The molecule has 1 saturated heterocycles. The predicted octanol–water partition coefficient (Wildman–Crippen LogP) is 4.35. The largest absolute Gasteiger partial charge is 0.407 e. The molecule has 2 aromatic rings. The van der Waals surface area contributed by atoms with Crippen molar-refractivity contribution in [2.75, 3.05) is 30.8 Å². The van der Waals surface area contributed by atoms with Gasteiger partial charge in [-0.25, -0.2) is 17.6 Å². The van der Waals surface area contributed by atoms with E-state index in [-0.39, 0.29) is 30.7 Å². The number of benzene rings is 1. The fraction of sp³-hybridized carbons (Fsp3) is 0.526. The van der Waals surface area contributed by atoms with Crippen LogP contribution in [0.5, 0.6) is 0 Å². The maximum Gasteiger partial charge on any atom is 0.407 e. The van der Waals surface area contributed by atoms with Crippen LogP contribution in [-0.4, -0.2) is 54.9 Å². The van der Waals surface area contributed by atoms with Crippen LogP contribution in [0.25, 0.3) is 4.85 Å². The van der Waals surface area contributed by atoms with Gasteiger partial charge in [-0.05, 0) is 25.0 Å². The molecule has 0 spiro atoms. The summed E-state index contributed by atoms with van der Waals surface area (Å²) in [6.07, 6.45) is -7.86. The van der Waals surface area contributed by atoms with E-state index >= 15 is 0 Å². The summed E-state index contributed by atoms with van der Waals surface area (Å²) in [5, 5.41) is 3.66. The van der Waals surface area contributed by atoms with Crippen molar-refractivity contribution in [2.45, 2.75) is 37.7 Å². The van der Waals surface area contributed by atoms with Gasteiger partial charge in [0.2, 0.25) is 15.9 Å². The van der Waals surface area contributed by atoms with E-state index in [9.17, 15) is 34.8 Å². The molecule has 15 heteroatoms. The molecule has 1 fully saturated rings. The molecule has 186 valence electrons. The van der Waals surface area contributed by atoms with Crippen molar-refractivity contribution >= 4 is 21.4 Å². The van der Waals surface area contributed by atoms with Gasteiger partial charge < -0.3 is 9.42 Å². The number of hydrogen-bond acceptors (Lipinski definition) is 6. The molecule has 1 aliphatic rings. The number of rotatable bonds is 6. The van der Waals surface area contributed by atoms with Gasteiger partial charge in [0.15, 0.2) is 11.5 Å². The number of nitrogens with zero attached hydrogens (tertiary/aromatic N) is 5. The van der Waals surface area contributed by atoms with Gasteiger partial charge in [0.25, 0.3) is 0 Å². The minimum atomic E-state index is -4.93. The molecule has 0 aliphatic carbocycles. The van der Waals surface area contributed by atoms with Gasteiger partial charge in [0, 0.05) is 24.7 Å². The first kappa shape index (κ1) is 25.8. The average molecular weight is 511 g/mol. The van der Waals surface area contributed by atoms with E-state index in [1.807, 2.05) is 0 Å². The highest BCUT2D eigenvalue weighted by Gasteiger charge is 2.36. The summed E-state index contributed by atoms with van der Waals surface area (Å²) in [6.45, 7) is 5.13. The van der Waals surface area contributed by atoms with Gasteiger partial charge in [-0.1, -0.05) is 11.2 Å². The molecule has 3 rings (SSSR count). The Hall–Kier alpha value is -2.86. The molecule has 1 aliphatic heterocycles. The highest BCUT2D eigenvalue weighted by Crippen LogP contribution is 2.39.